The van der Waals surface area contributed by atoms with E-state index in [4.69, 9.17) is 4.74 Å². The molecule has 4 unspecified atom stereocenters. The number of aromatic nitrogens is 1. The Hall–Kier alpha value is -1.82. The summed E-state index contributed by atoms with van der Waals surface area (Å²) in [7, 11) is 5.92. The van der Waals surface area contributed by atoms with Crippen LogP contribution in [0.1, 0.15) is 18.4 Å². The summed E-state index contributed by atoms with van der Waals surface area (Å²) < 4.78 is 6.07. The number of fused-ring (bicyclic) bond motifs is 5. The monoisotopic (exact) mass is 329 g/mol. The summed E-state index contributed by atoms with van der Waals surface area (Å²) in [6.45, 7) is 2.88. The number of hydrogen-bond donors (Lipinski definition) is 1. The van der Waals surface area contributed by atoms with Crippen LogP contribution >= 0.6 is 0 Å². The molecule has 0 saturated carbocycles. The molecule has 0 radical (unpaired) electrons. The maximum absolute atomic E-state index is 6.07. The Morgan fingerprint density at radius 3 is 2.67 bits per heavy atom. The number of nitrogens with one attached hydrogen (secondary N) is 1. The van der Waals surface area contributed by atoms with E-state index in [1.165, 1.54) is 18.4 Å². The lowest BCUT2D eigenvalue weighted by molar-refractivity contribution is 0.0767. The maximum Gasteiger partial charge on any atom is 0.193 e. The molecule has 3 aliphatic heterocycles. The number of nitrogens with zero attached hydrogens (tertiary/aromatic N) is 4. The van der Waals surface area contributed by atoms with Gasteiger partial charge in [-0.2, -0.15) is 0 Å². The molecular formula is C18H27N5O. The summed E-state index contributed by atoms with van der Waals surface area (Å²) in [6.07, 6.45) is 5.30. The predicted molar refractivity (Wildman–Crippen MR) is 95.2 cm³/mol. The molecule has 4 rings (SSSR count). The molecule has 24 heavy (non-hydrogen) atoms. The van der Waals surface area contributed by atoms with E-state index in [-0.39, 0.29) is 0 Å². The highest BCUT2D eigenvalue weighted by molar-refractivity contribution is 5.80. The standard InChI is InChI=1S/C18H27N5O/c1-19-18(21-9-12-5-4-8-20-17(12)22(2)3)23-10-13-14(11-23)16-7-6-15(13)24-16/h4-5,8,13-16H,6-7,9-11H2,1-3H3,(H,19,21). The molecule has 3 aliphatic rings. The van der Waals surface area contributed by atoms with Crippen molar-refractivity contribution in [2.24, 2.45) is 16.8 Å². The van der Waals surface area contributed by atoms with Crippen molar-refractivity contribution in [1.29, 1.82) is 0 Å². The number of pyridine rings is 1. The van der Waals surface area contributed by atoms with E-state index in [0.717, 1.165) is 31.4 Å². The zero-order valence-electron chi connectivity index (χ0n) is 14.8. The molecule has 4 atom stereocenters. The van der Waals surface area contributed by atoms with Gasteiger partial charge in [0.1, 0.15) is 5.82 Å². The van der Waals surface area contributed by atoms with Gasteiger partial charge < -0.3 is 19.9 Å². The topological polar surface area (TPSA) is 53.0 Å². The van der Waals surface area contributed by atoms with Gasteiger partial charge in [0.25, 0.3) is 0 Å². The lowest BCUT2D eigenvalue weighted by atomic mass is 9.82. The molecule has 1 aromatic heterocycles. The normalized spacial score (nSPS) is 31.5. The minimum Gasteiger partial charge on any atom is -0.374 e. The lowest BCUT2D eigenvalue weighted by Gasteiger charge is -2.24. The second-order valence-electron chi connectivity index (χ2n) is 7.30. The van der Waals surface area contributed by atoms with Crippen LogP contribution < -0.4 is 10.2 Å². The molecule has 3 saturated heterocycles. The van der Waals surface area contributed by atoms with Gasteiger partial charge >= 0.3 is 0 Å². The van der Waals surface area contributed by atoms with Crippen LogP contribution in [-0.2, 0) is 11.3 Å². The molecule has 0 spiro atoms. The first-order valence-electron chi connectivity index (χ1n) is 8.89. The second-order valence-corrected chi connectivity index (χ2v) is 7.30. The van der Waals surface area contributed by atoms with Crippen LogP contribution in [0.2, 0.25) is 0 Å². The van der Waals surface area contributed by atoms with Crippen LogP contribution in [0.3, 0.4) is 0 Å². The highest BCUT2D eigenvalue weighted by Crippen LogP contribution is 2.47. The fourth-order valence-corrected chi connectivity index (χ4v) is 4.61. The van der Waals surface area contributed by atoms with Gasteiger partial charge in [0.2, 0.25) is 0 Å². The number of ether oxygens (including phenoxy) is 1. The summed E-state index contributed by atoms with van der Waals surface area (Å²) in [6, 6.07) is 4.11. The quantitative estimate of drug-likeness (QED) is 0.670. The largest absolute Gasteiger partial charge is 0.374 e. The summed E-state index contributed by atoms with van der Waals surface area (Å²) in [5.41, 5.74) is 1.19. The number of hydrogen-bond acceptors (Lipinski definition) is 4. The van der Waals surface area contributed by atoms with Gasteiger partial charge in [-0.3, -0.25) is 4.99 Å². The van der Waals surface area contributed by atoms with Crippen LogP contribution in [0.4, 0.5) is 5.82 Å². The van der Waals surface area contributed by atoms with Gasteiger partial charge in [-0.25, -0.2) is 4.98 Å². The molecule has 6 nitrogen and oxygen atoms in total. The number of guanidine groups is 1. The molecule has 6 heteroatoms. The molecule has 2 bridgehead atoms. The zero-order chi connectivity index (χ0) is 16.7. The van der Waals surface area contributed by atoms with Gasteiger partial charge in [0.15, 0.2) is 5.96 Å². The molecule has 4 heterocycles. The van der Waals surface area contributed by atoms with E-state index < -0.39 is 0 Å². The molecule has 1 aromatic rings. The molecule has 0 amide bonds. The average Bonchev–Trinajstić information content (AvgIpc) is 3.28. The number of likely N-dealkylation sites (tertiary alicyclic amines) is 1. The Labute approximate surface area is 143 Å². The van der Waals surface area contributed by atoms with Crippen molar-refractivity contribution in [2.75, 3.05) is 39.1 Å². The number of anilines is 1. The molecule has 1 N–H and O–H groups in total. The zero-order valence-corrected chi connectivity index (χ0v) is 14.8. The van der Waals surface area contributed by atoms with Gasteiger partial charge in [0.05, 0.1) is 12.2 Å². The fourth-order valence-electron chi connectivity index (χ4n) is 4.61. The Bertz CT molecular complexity index is 614. The number of rotatable bonds is 3. The molecule has 0 aromatic carbocycles. The lowest BCUT2D eigenvalue weighted by Crippen LogP contribution is -2.41. The van der Waals surface area contributed by atoms with Crippen molar-refractivity contribution in [1.82, 2.24) is 15.2 Å². The highest BCUT2D eigenvalue weighted by Gasteiger charge is 2.53. The first kappa shape index (κ1) is 15.7. The van der Waals surface area contributed by atoms with Crippen molar-refractivity contribution in [3.8, 4) is 0 Å². The average molecular weight is 329 g/mol. The minimum atomic E-state index is 0.488. The Morgan fingerprint density at radius 2 is 2.04 bits per heavy atom. The van der Waals surface area contributed by atoms with E-state index >= 15 is 0 Å². The van der Waals surface area contributed by atoms with Crippen molar-refractivity contribution in [3.05, 3.63) is 23.9 Å². The highest BCUT2D eigenvalue weighted by atomic mass is 16.5. The van der Waals surface area contributed by atoms with Crippen LogP contribution in [0.25, 0.3) is 0 Å². The molecular weight excluding hydrogens is 302 g/mol. The van der Waals surface area contributed by atoms with Crippen LogP contribution in [0.15, 0.2) is 23.3 Å². The molecule has 130 valence electrons. The Morgan fingerprint density at radius 1 is 1.33 bits per heavy atom. The summed E-state index contributed by atoms with van der Waals surface area (Å²) in [4.78, 5) is 13.4. The van der Waals surface area contributed by atoms with Crippen LogP contribution in [0, 0.1) is 11.8 Å². The maximum atomic E-state index is 6.07. The van der Waals surface area contributed by atoms with Crippen molar-refractivity contribution in [2.45, 2.75) is 31.6 Å². The van der Waals surface area contributed by atoms with Crippen LogP contribution in [0.5, 0.6) is 0 Å². The fraction of sp³-hybridized carbons (Fsp3) is 0.667. The molecule has 0 aliphatic carbocycles. The third-order valence-corrected chi connectivity index (χ3v) is 5.69. The molecule has 3 fully saturated rings. The van der Waals surface area contributed by atoms with Gasteiger partial charge in [-0.05, 0) is 18.9 Å². The van der Waals surface area contributed by atoms with E-state index in [2.05, 4.69) is 31.2 Å². The van der Waals surface area contributed by atoms with Crippen molar-refractivity contribution >= 4 is 11.8 Å². The van der Waals surface area contributed by atoms with E-state index in [9.17, 15) is 0 Å². The van der Waals surface area contributed by atoms with Gasteiger partial charge in [-0.15, -0.1) is 0 Å². The predicted octanol–water partition coefficient (Wildman–Crippen LogP) is 1.33. The third kappa shape index (κ3) is 2.62. The number of aliphatic imine (C=N–C) groups is 1. The summed E-state index contributed by atoms with van der Waals surface area (Å²) >= 11 is 0. The summed E-state index contributed by atoms with van der Waals surface area (Å²) in [5.74, 6) is 3.39. The van der Waals surface area contributed by atoms with E-state index in [1.54, 1.807) is 0 Å². The first-order valence-corrected chi connectivity index (χ1v) is 8.89. The Kier molecular flexibility index (Phi) is 4.08. The second kappa shape index (κ2) is 6.24. The van der Waals surface area contributed by atoms with E-state index in [1.807, 2.05) is 33.4 Å². The van der Waals surface area contributed by atoms with Crippen molar-refractivity contribution in [3.63, 3.8) is 0 Å². The minimum absolute atomic E-state index is 0.488. The SMILES string of the molecule is CN=C(NCc1cccnc1N(C)C)N1CC2C3CCC(O3)C2C1. The summed E-state index contributed by atoms with van der Waals surface area (Å²) in [5, 5.41) is 3.53. The Balaban J connectivity index is 1.41. The van der Waals surface area contributed by atoms with Crippen LogP contribution in [-0.4, -0.2) is 62.3 Å². The first-order chi connectivity index (χ1) is 11.7. The third-order valence-electron chi connectivity index (χ3n) is 5.69. The van der Waals surface area contributed by atoms with Crippen molar-refractivity contribution < 1.29 is 4.74 Å². The van der Waals surface area contributed by atoms with Gasteiger partial charge in [0, 0.05) is 64.4 Å². The van der Waals surface area contributed by atoms with E-state index in [0.29, 0.717) is 24.0 Å². The smallest absolute Gasteiger partial charge is 0.193 e. The van der Waals surface area contributed by atoms with Gasteiger partial charge in [-0.1, -0.05) is 6.07 Å².